The molecule has 182 valence electrons. The number of rotatable bonds is 6. The number of amides is 1. The maximum atomic E-state index is 13.6. The third-order valence-electron chi connectivity index (χ3n) is 5.93. The highest BCUT2D eigenvalue weighted by Gasteiger charge is 2.52. The largest absolute Gasteiger partial charge is 0.492 e. The lowest BCUT2D eigenvalue weighted by molar-refractivity contribution is -0.137. The predicted octanol–water partition coefficient (Wildman–Crippen LogP) is 5.23. The third kappa shape index (κ3) is 6.12. The highest BCUT2D eigenvalue weighted by atomic mass is 19.4. The van der Waals surface area contributed by atoms with Crippen LogP contribution >= 0.6 is 0 Å². The van der Waals surface area contributed by atoms with Gasteiger partial charge in [0.15, 0.2) is 0 Å². The summed E-state index contributed by atoms with van der Waals surface area (Å²) in [5.74, 6) is 0. The van der Waals surface area contributed by atoms with Gasteiger partial charge >= 0.3 is 19.4 Å². The van der Waals surface area contributed by atoms with Crippen molar-refractivity contribution in [3.05, 3.63) is 70.7 Å². The topological polar surface area (TPSA) is 82.8 Å². The van der Waals surface area contributed by atoms with E-state index in [-0.39, 0.29) is 24.4 Å². The molecule has 0 saturated carbocycles. The Balaban J connectivity index is 1.85. The quantitative estimate of drug-likeness (QED) is 0.441. The number of ether oxygens (including phenoxy) is 1. The van der Waals surface area contributed by atoms with Crippen LogP contribution in [0.2, 0.25) is 0 Å². The third-order valence-corrected chi connectivity index (χ3v) is 5.93. The Kier molecular flexibility index (Phi) is 7.33. The van der Waals surface area contributed by atoms with Crippen LogP contribution in [-0.4, -0.2) is 31.0 Å². The van der Waals surface area contributed by atoms with E-state index in [0.717, 1.165) is 11.6 Å². The zero-order valence-electron chi connectivity index (χ0n) is 19.5. The van der Waals surface area contributed by atoms with E-state index in [1.165, 1.54) is 18.2 Å². The Morgan fingerprint density at radius 1 is 1.09 bits per heavy atom. The van der Waals surface area contributed by atoms with Crippen LogP contribution in [0.5, 0.6) is 0 Å². The van der Waals surface area contributed by atoms with Crippen molar-refractivity contribution < 1.29 is 32.0 Å². The average Bonchev–Trinajstić information content (AvgIpc) is 2.97. The second-order valence-electron chi connectivity index (χ2n) is 9.07. The Morgan fingerprint density at radius 2 is 1.71 bits per heavy atom. The van der Waals surface area contributed by atoms with Crippen molar-refractivity contribution in [3.63, 3.8) is 0 Å². The summed E-state index contributed by atoms with van der Waals surface area (Å²) in [5, 5.41) is 2.58. The summed E-state index contributed by atoms with van der Waals surface area (Å²) in [4.78, 5) is 12.3. The van der Waals surface area contributed by atoms with E-state index in [0.29, 0.717) is 5.47 Å². The normalized spacial score (nSPS) is 17.5. The van der Waals surface area contributed by atoms with Crippen molar-refractivity contribution in [2.45, 2.75) is 51.7 Å². The Hall–Kier alpha value is -2.98. The summed E-state index contributed by atoms with van der Waals surface area (Å²) in [6.45, 7) is 7.23. The molecule has 10 heteroatoms. The van der Waals surface area contributed by atoms with Crippen LogP contribution in [0.15, 0.2) is 54.0 Å². The standard InChI is InChI=1S/C24H28BF3N2O4/c1-22(2)23(3,4)34-25(33-22)18(12-17-10-11-19(29)13-20(17)24(26,27)28)14-30-21(31)32-15-16-8-6-5-7-9-16/h5-13H,14-15,29H2,1-4H3,(H,30,31). The SMILES string of the molecule is CC1(C)OB(C(=Cc2ccc(N)cc2C(F)(F)F)CNC(=O)OCc2ccccc2)OC1(C)C. The number of benzene rings is 2. The molecule has 1 aliphatic heterocycles. The molecule has 0 unspecified atom stereocenters. The number of alkyl halides is 3. The van der Waals surface area contributed by atoms with Crippen molar-refractivity contribution >= 4 is 25.0 Å². The maximum absolute atomic E-state index is 13.6. The molecular formula is C24H28BF3N2O4. The number of alkyl carbamates (subject to hydrolysis) is 1. The van der Waals surface area contributed by atoms with Gasteiger partial charge in [0.25, 0.3) is 0 Å². The monoisotopic (exact) mass is 476 g/mol. The number of carbonyl (C=O) groups excluding carboxylic acids is 1. The molecule has 0 radical (unpaired) electrons. The molecule has 34 heavy (non-hydrogen) atoms. The van der Waals surface area contributed by atoms with Gasteiger partial charge in [0.05, 0.1) is 16.8 Å². The maximum Gasteiger partial charge on any atom is 0.492 e. The second-order valence-corrected chi connectivity index (χ2v) is 9.07. The molecule has 0 bridgehead atoms. The summed E-state index contributed by atoms with van der Waals surface area (Å²) in [6.07, 6.45) is -4.04. The van der Waals surface area contributed by atoms with Gasteiger partial charge in [-0.25, -0.2) is 4.79 Å². The molecule has 1 saturated heterocycles. The van der Waals surface area contributed by atoms with Crippen LogP contribution in [0, 0.1) is 0 Å². The van der Waals surface area contributed by atoms with E-state index in [1.54, 1.807) is 0 Å². The van der Waals surface area contributed by atoms with Crippen molar-refractivity contribution in [2.75, 3.05) is 12.3 Å². The Labute approximate surface area is 197 Å². The highest BCUT2D eigenvalue weighted by molar-refractivity contribution is 6.56. The summed E-state index contributed by atoms with van der Waals surface area (Å²) >= 11 is 0. The smallest absolute Gasteiger partial charge is 0.445 e. The molecule has 0 atom stereocenters. The molecule has 1 amide bonds. The van der Waals surface area contributed by atoms with Crippen LogP contribution in [0.1, 0.15) is 44.4 Å². The van der Waals surface area contributed by atoms with E-state index in [1.807, 2.05) is 58.0 Å². The van der Waals surface area contributed by atoms with E-state index in [9.17, 15) is 18.0 Å². The van der Waals surface area contributed by atoms with Crippen molar-refractivity contribution in [3.8, 4) is 0 Å². The number of halogens is 3. The molecule has 2 aromatic rings. The van der Waals surface area contributed by atoms with Crippen LogP contribution in [0.4, 0.5) is 23.7 Å². The average molecular weight is 476 g/mol. The number of nitrogens with one attached hydrogen (secondary N) is 1. The minimum atomic E-state index is -4.62. The minimum absolute atomic E-state index is 0.00993. The molecule has 6 nitrogen and oxygen atoms in total. The van der Waals surface area contributed by atoms with Gasteiger partial charge < -0.3 is 25.1 Å². The van der Waals surface area contributed by atoms with Crippen molar-refractivity contribution in [2.24, 2.45) is 0 Å². The van der Waals surface area contributed by atoms with Crippen LogP contribution in [-0.2, 0) is 26.8 Å². The molecule has 3 rings (SSSR count). The van der Waals surface area contributed by atoms with Gasteiger partial charge in [-0.3, -0.25) is 0 Å². The number of carbonyl (C=O) groups is 1. The molecule has 0 aromatic heterocycles. The molecule has 2 aromatic carbocycles. The fourth-order valence-corrected chi connectivity index (χ4v) is 3.29. The van der Waals surface area contributed by atoms with E-state index in [2.05, 4.69) is 5.32 Å². The number of anilines is 1. The zero-order valence-corrected chi connectivity index (χ0v) is 19.5. The first-order chi connectivity index (χ1) is 15.8. The molecule has 1 aliphatic rings. The number of nitrogens with two attached hydrogens (primary N) is 1. The first-order valence-electron chi connectivity index (χ1n) is 10.8. The number of hydrogen-bond donors (Lipinski definition) is 2. The number of nitrogen functional groups attached to an aromatic ring is 1. The summed E-state index contributed by atoms with van der Waals surface area (Å²) in [7, 11) is -0.974. The molecule has 0 aliphatic carbocycles. The van der Waals surface area contributed by atoms with Gasteiger partial charge in [-0.2, -0.15) is 13.2 Å². The predicted molar refractivity (Wildman–Crippen MR) is 125 cm³/mol. The molecule has 1 heterocycles. The first-order valence-corrected chi connectivity index (χ1v) is 10.8. The lowest BCUT2D eigenvalue weighted by Crippen LogP contribution is -2.41. The Bertz CT molecular complexity index is 1040. The Morgan fingerprint density at radius 3 is 2.29 bits per heavy atom. The summed E-state index contributed by atoms with van der Waals surface area (Å²) in [6, 6.07) is 12.6. The number of hydrogen-bond acceptors (Lipinski definition) is 5. The highest BCUT2D eigenvalue weighted by Crippen LogP contribution is 2.40. The van der Waals surface area contributed by atoms with E-state index >= 15 is 0 Å². The van der Waals surface area contributed by atoms with Gasteiger partial charge in [-0.15, -0.1) is 0 Å². The van der Waals surface area contributed by atoms with Gasteiger partial charge in [-0.1, -0.05) is 42.5 Å². The first kappa shape index (κ1) is 25.6. The van der Waals surface area contributed by atoms with Crippen LogP contribution in [0.3, 0.4) is 0 Å². The van der Waals surface area contributed by atoms with Crippen LogP contribution < -0.4 is 11.1 Å². The van der Waals surface area contributed by atoms with Crippen molar-refractivity contribution in [1.82, 2.24) is 5.32 Å². The minimum Gasteiger partial charge on any atom is -0.445 e. The van der Waals surface area contributed by atoms with E-state index < -0.39 is 36.2 Å². The van der Waals surface area contributed by atoms with Crippen molar-refractivity contribution in [1.29, 1.82) is 0 Å². The lowest BCUT2D eigenvalue weighted by atomic mass is 9.76. The van der Waals surface area contributed by atoms with Gasteiger partial charge in [0, 0.05) is 12.2 Å². The van der Waals surface area contributed by atoms with Crippen LogP contribution in [0.25, 0.3) is 6.08 Å². The summed E-state index contributed by atoms with van der Waals surface area (Å²) < 4.78 is 58.2. The molecular weight excluding hydrogens is 448 g/mol. The lowest BCUT2D eigenvalue weighted by Gasteiger charge is -2.32. The van der Waals surface area contributed by atoms with Gasteiger partial charge in [-0.05, 0) is 56.4 Å². The molecule has 3 N–H and O–H groups in total. The summed E-state index contributed by atoms with van der Waals surface area (Å²) in [5.41, 5.74) is 4.21. The van der Waals surface area contributed by atoms with Gasteiger partial charge in [0.1, 0.15) is 6.61 Å². The van der Waals surface area contributed by atoms with E-state index in [4.69, 9.17) is 19.8 Å². The molecule has 0 spiro atoms. The fraction of sp³-hybridized carbons (Fsp3) is 0.375. The fourth-order valence-electron chi connectivity index (χ4n) is 3.29. The second kappa shape index (κ2) is 9.72. The zero-order chi connectivity index (χ0) is 25.1. The molecule has 1 fully saturated rings. The van der Waals surface area contributed by atoms with Gasteiger partial charge in [0.2, 0.25) is 0 Å².